The third-order valence-corrected chi connectivity index (χ3v) is 2.22. The van der Waals surface area contributed by atoms with Crippen LogP contribution in [0.2, 0.25) is 0 Å². The van der Waals surface area contributed by atoms with E-state index in [-0.39, 0.29) is 5.69 Å². The molecule has 0 aliphatic carbocycles. The summed E-state index contributed by atoms with van der Waals surface area (Å²) in [6.07, 6.45) is 1.72. The number of hydrogen-bond acceptors (Lipinski definition) is 5. The van der Waals surface area contributed by atoms with E-state index in [4.69, 9.17) is 9.47 Å². The molecule has 0 radical (unpaired) electrons. The zero-order valence-corrected chi connectivity index (χ0v) is 9.93. The molecule has 2 aromatic heterocycles. The predicted molar refractivity (Wildman–Crippen MR) is 60.2 cm³/mol. The molecule has 0 unspecified atom stereocenters. The monoisotopic (exact) mass is 235 g/mol. The fourth-order valence-corrected chi connectivity index (χ4v) is 1.53. The zero-order chi connectivity index (χ0) is 12.4. The van der Waals surface area contributed by atoms with Gasteiger partial charge in [0.15, 0.2) is 5.69 Å². The number of carbonyl (C=O) groups is 1. The van der Waals surface area contributed by atoms with Crippen molar-refractivity contribution in [2.24, 2.45) is 0 Å². The molecular weight excluding hydrogens is 222 g/mol. The molecule has 17 heavy (non-hydrogen) atoms. The second-order valence-electron chi connectivity index (χ2n) is 3.47. The molecule has 2 heterocycles. The van der Waals surface area contributed by atoms with Crippen LogP contribution in [0, 0.1) is 6.92 Å². The van der Waals surface area contributed by atoms with Gasteiger partial charge in [-0.15, -0.1) is 0 Å². The van der Waals surface area contributed by atoms with E-state index in [0.717, 1.165) is 5.69 Å². The zero-order valence-electron chi connectivity index (χ0n) is 9.93. The van der Waals surface area contributed by atoms with Crippen molar-refractivity contribution in [2.45, 2.75) is 13.8 Å². The van der Waals surface area contributed by atoms with Gasteiger partial charge in [0.2, 0.25) is 5.88 Å². The number of nitrogens with zero attached hydrogens (tertiary/aromatic N) is 3. The minimum Gasteiger partial charge on any atom is -0.479 e. The van der Waals surface area contributed by atoms with Crippen LogP contribution in [0.3, 0.4) is 0 Å². The van der Waals surface area contributed by atoms with Crippen molar-refractivity contribution < 1.29 is 14.3 Å². The Morgan fingerprint density at radius 2 is 2.29 bits per heavy atom. The number of methoxy groups -OCH3 is 1. The summed E-state index contributed by atoms with van der Waals surface area (Å²) in [5.41, 5.74) is 1.64. The van der Waals surface area contributed by atoms with E-state index in [9.17, 15) is 4.79 Å². The molecule has 0 spiro atoms. The van der Waals surface area contributed by atoms with Gasteiger partial charge in [0, 0.05) is 6.07 Å². The van der Waals surface area contributed by atoms with Gasteiger partial charge >= 0.3 is 5.97 Å². The van der Waals surface area contributed by atoms with Gasteiger partial charge in [-0.2, -0.15) is 5.10 Å². The fraction of sp³-hybridized carbons (Fsp3) is 0.364. The van der Waals surface area contributed by atoms with Gasteiger partial charge in [-0.1, -0.05) is 0 Å². The number of hydrogen-bond donors (Lipinski definition) is 0. The summed E-state index contributed by atoms with van der Waals surface area (Å²) in [5.74, 6) is -0.0102. The topological polar surface area (TPSA) is 65.7 Å². The maximum absolute atomic E-state index is 11.5. The first-order valence-electron chi connectivity index (χ1n) is 5.24. The van der Waals surface area contributed by atoms with Crippen molar-refractivity contribution in [1.82, 2.24) is 14.6 Å². The van der Waals surface area contributed by atoms with Crippen molar-refractivity contribution in [3.05, 3.63) is 23.7 Å². The number of carbonyl (C=O) groups excluding carboxylic acids is 1. The fourth-order valence-electron chi connectivity index (χ4n) is 1.53. The first-order valence-corrected chi connectivity index (χ1v) is 5.24. The van der Waals surface area contributed by atoms with Crippen LogP contribution in [-0.4, -0.2) is 34.3 Å². The lowest BCUT2D eigenvalue weighted by Crippen LogP contribution is -2.05. The predicted octanol–water partition coefficient (Wildman–Crippen LogP) is 1.22. The molecule has 0 fully saturated rings. The average molecular weight is 235 g/mol. The SMILES string of the molecule is CCOC(=O)c1cc2c(OC)nc(C)cn2n1. The quantitative estimate of drug-likeness (QED) is 0.748. The second-order valence-corrected chi connectivity index (χ2v) is 3.47. The number of fused-ring (bicyclic) bond motifs is 1. The van der Waals surface area contributed by atoms with Gasteiger partial charge in [-0.05, 0) is 13.8 Å². The van der Waals surface area contributed by atoms with Crippen molar-refractivity contribution >= 4 is 11.5 Å². The molecule has 0 atom stereocenters. The molecule has 0 aromatic carbocycles. The Morgan fingerprint density at radius 1 is 1.53 bits per heavy atom. The molecule has 0 N–H and O–H groups in total. The van der Waals surface area contributed by atoms with Crippen LogP contribution in [0.4, 0.5) is 0 Å². The lowest BCUT2D eigenvalue weighted by molar-refractivity contribution is 0.0519. The largest absolute Gasteiger partial charge is 0.479 e. The summed E-state index contributed by atoms with van der Waals surface area (Å²) in [6, 6.07) is 1.60. The minimum absolute atomic E-state index is 0.248. The van der Waals surface area contributed by atoms with Gasteiger partial charge in [-0.3, -0.25) is 0 Å². The molecule has 2 aromatic rings. The van der Waals surface area contributed by atoms with E-state index in [1.165, 1.54) is 7.11 Å². The Labute approximate surface area is 98.2 Å². The Kier molecular flexibility index (Phi) is 2.95. The third-order valence-electron chi connectivity index (χ3n) is 2.22. The molecule has 90 valence electrons. The molecule has 0 bridgehead atoms. The van der Waals surface area contributed by atoms with Crippen molar-refractivity contribution in [3.63, 3.8) is 0 Å². The first kappa shape index (κ1) is 11.4. The van der Waals surface area contributed by atoms with Gasteiger partial charge < -0.3 is 9.47 Å². The molecule has 0 aliphatic rings. The maximum atomic E-state index is 11.5. The van der Waals surface area contributed by atoms with Gasteiger partial charge in [-0.25, -0.2) is 14.3 Å². The molecule has 6 nitrogen and oxygen atoms in total. The molecule has 0 saturated carbocycles. The highest BCUT2D eigenvalue weighted by Crippen LogP contribution is 2.18. The number of esters is 1. The number of rotatable bonds is 3. The summed E-state index contributed by atoms with van der Waals surface area (Å²) in [4.78, 5) is 15.7. The minimum atomic E-state index is -0.448. The molecule has 0 amide bonds. The lowest BCUT2D eigenvalue weighted by atomic mass is 10.4. The highest BCUT2D eigenvalue weighted by atomic mass is 16.5. The standard InChI is InChI=1S/C11H13N3O3/c1-4-17-11(15)8-5-9-10(16-3)12-7(2)6-14(9)13-8/h5-6H,4H2,1-3H3. The summed E-state index contributed by atoms with van der Waals surface area (Å²) in [6.45, 7) is 3.90. The van der Waals surface area contributed by atoms with E-state index in [0.29, 0.717) is 18.0 Å². The number of aryl methyl sites for hydroxylation is 1. The summed E-state index contributed by atoms with van der Waals surface area (Å²) in [7, 11) is 1.53. The number of aromatic nitrogens is 3. The van der Waals surface area contributed by atoms with Gasteiger partial charge in [0.1, 0.15) is 5.52 Å². The summed E-state index contributed by atoms with van der Waals surface area (Å²) >= 11 is 0. The smallest absolute Gasteiger partial charge is 0.358 e. The van der Waals surface area contributed by atoms with E-state index in [1.54, 1.807) is 23.7 Å². The number of ether oxygens (including phenoxy) is 2. The molecular formula is C11H13N3O3. The van der Waals surface area contributed by atoms with E-state index in [2.05, 4.69) is 10.1 Å². The van der Waals surface area contributed by atoms with Crippen LogP contribution in [-0.2, 0) is 4.74 Å². The molecule has 6 heteroatoms. The van der Waals surface area contributed by atoms with Crippen LogP contribution in [0.1, 0.15) is 23.1 Å². The van der Waals surface area contributed by atoms with Crippen LogP contribution >= 0.6 is 0 Å². The Morgan fingerprint density at radius 3 is 2.94 bits per heavy atom. The highest BCUT2D eigenvalue weighted by Gasteiger charge is 2.15. The normalized spacial score (nSPS) is 10.5. The van der Waals surface area contributed by atoms with E-state index < -0.39 is 5.97 Å². The molecule has 2 rings (SSSR count). The van der Waals surface area contributed by atoms with Crippen LogP contribution < -0.4 is 4.74 Å². The van der Waals surface area contributed by atoms with Gasteiger partial charge in [0.05, 0.1) is 25.6 Å². The van der Waals surface area contributed by atoms with E-state index >= 15 is 0 Å². The molecule has 0 saturated heterocycles. The van der Waals surface area contributed by atoms with E-state index in [1.807, 2.05) is 6.92 Å². The molecule has 0 aliphatic heterocycles. The Balaban J connectivity index is 2.53. The lowest BCUT2D eigenvalue weighted by Gasteiger charge is -2.01. The average Bonchev–Trinajstić information content (AvgIpc) is 2.71. The Hall–Kier alpha value is -2.11. The maximum Gasteiger partial charge on any atom is 0.358 e. The first-order chi connectivity index (χ1) is 8.15. The Bertz CT molecular complexity index is 562. The summed E-state index contributed by atoms with van der Waals surface area (Å²) < 4.78 is 11.6. The third kappa shape index (κ3) is 2.06. The highest BCUT2D eigenvalue weighted by molar-refractivity contribution is 5.89. The van der Waals surface area contributed by atoms with Gasteiger partial charge in [0.25, 0.3) is 0 Å². The van der Waals surface area contributed by atoms with Crippen LogP contribution in [0.5, 0.6) is 5.88 Å². The van der Waals surface area contributed by atoms with Crippen LogP contribution in [0.25, 0.3) is 5.52 Å². The second kappa shape index (κ2) is 4.40. The van der Waals surface area contributed by atoms with Crippen LogP contribution in [0.15, 0.2) is 12.3 Å². The summed E-state index contributed by atoms with van der Waals surface area (Å²) in [5, 5.41) is 4.12. The van der Waals surface area contributed by atoms with Crippen molar-refractivity contribution in [3.8, 4) is 5.88 Å². The van der Waals surface area contributed by atoms with Crippen molar-refractivity contribution in [2.75, 3.05) is 13.7 Å². The van der Waals surface area contributed by atoms with Crippen molar-refractivity contribution in [1.29, 1.82) is 0 Å².